The molecule has 0 unspecified atom stereocenters. The normalized spacial score (nSPS) is 15.9. The summed E-state index contributed by atoms with van der Waals surface area (Å²) in [6.07, 6.45) is 6.00. The van der Waals surface area contributed by atoms with Crippen LogP contribution in [-0.2, 0) is 9.53 Å². The summed E-state index contributed by atoms with van der Waals surface area (Å²) in [5, 5.41) is 6.73. The average molecular weight is 454 g/mol. The number of halogens is 1. The first-order valence-corrected chi connectivity index (χ1v) is 8.83. The van der Waals surface area contributed by atoms with Crippen LogP contribution < -0.4 is 10.6 Å². The van der Waals surface area contributed by atoms with Crippen LogP contribution in [0.3, 0.4) is 0 Å². The van der Waals surface area contributed by atoms with E-state index in [4.69, 9.17) is 4.74 Å². The molecule has 1 amide bonds. The molecule has 2 N–H and O–H groups in total. The van der Waals surface area contributed by atoms with E-state index in [1.54, 1.807) is 19.0 Å². The van der Waals surface area contributed by atoms with E-state index in [9.17, 15) is 4.79 Å². The lowest BCUT2D eigenvalue weighted by atomic mass is 9.67. The number of amides is 1. The molecule has 0 aromatic carbocycles. The van der Waals surface area contributed by atoms with Crippen LogP contribution in [0.15, 0.2) is 4.99 Å². The van der Waals surface area contributed by atoms with Crippen molar-refractivity contribution >= 4 is 35.8 Å². The van der Waals surface area contributed by atoms with E-state index in [-0.39, 0.29) is 36.4 Å². The number of ether oxygens (including phenoxy) is 1. The Morgan fingerprint density at radius 1 is 1.25 bits per heavy atom. The lowest BCUT2D eigenvalue weighted by Crippen LogP contribution is -2.46. The van der Waals surface area contributed by atoms with Crippen LogP contribution in [0.25, 0.3) is 0 Å². The Hall–Kier alpha value is -0.570. The summed E-state index contributed by atoms with van der Waals surface area (Å²) in [7, 11) is 3.50. The van der Waals surface area contributed by atoms with Gasteiger partial charge in [0, 0.05) is 40.4 Å². The van der Waals surface area contributed by atoms with Gasteiger partial charge in [-0.3, -0.25) is 4.79 Å². The molecule has 1 rings (SSSR count). The van der Waals surface area contributed by atoms with E-state index in [1.165, 1.54) is 25.7 Å². The number of hydrogen-bond acceptors (Lipinski definition) is 3. The van der Waals surface area contributed by atoms with Crippen molar-refractivity contribution in [3.05, 3.63) is 0 Å². The summed E-state index contributed by atoms with van der Waals surface area (Å²) in [6, 6.07) is 0. The first-order valence-electron chi connectivity index (χ1n) is 8.83. The second-order valence-corrected chi connectivity index (χ2v) is 6.49. The van der Waals surface area contributed by atoms with Gasteiger partial charge in [-0.15, -0.1) is 24.0 Å². The molecule has 1 aliphatic rings. The molecule has 0 spiro atoms. The zero-order chi connectivity index (χ0) is 17.1. The summed E-state index contributed by atoms with van der Waals surface area (Å²) in [5.41, 5.74) is 0.416. The monoisotopic (exact) mass is 454 g/mol. The van der Waals surface area contributed by atoms with Crippen molar-refractivity contribution in [3.8, 4) is 0 Å². The lowest BCUT2D eigenvalue weighted by Gasteiger charge is -2.41. The maximum Gasteiger partial charge on any atom is 0.243 e. The molecular formula is C17H35IN4O2. The van der Waals surface area contributed by atoms with Crippen molar-refractivity contribution in [1.82, 2.24) is 15.5 Å². The molecule has 0 heterocycles. The van der Waals surface area contributed by atoms with E-state index in [1.807, 2.05) is 6.92 Å². The van der Waals surface area contributed by atoms with Gasteiger partial charge >= 0.3 is 0 Å². The van der Waals surface area contributed by atoms with Crippen molar-refractivity contribution in [1.29, 1.82) is 0 Å². The Balaban J connectivity index is 0.00000529. The standard InChI is InChI=1S/C17H34N4O2.HI/c1-5-17(9-7-10-17)14-20-16(18-11-8-12-23-6-2)19-13-15(22)21(3)4;/h5-14H2,1-4H3,(H2,18,19,20);1H. The van der Waals surface area contributed by atoms with Gasteiger partial charge in [0.15, 0.2) is 5.96 Å². The molecule has 0 saturated heterocycles. The van der Waals surface area contributed by atoms with Crippen molar-refractivity contribution in [2.24, 2.45) is 10.4 Å². The molecule has 0 bridgehead atoms. The van der Waals surface area contributed by atoms with Crippen LogP contribution in [0.5, 0.6) is 0 Å². The van der Waals surface area contributed by atoms with Gasteiger partial charge in [0.25, 0.3) is 0 Å². The van der Waals surface area contributed by atoms with E-state index >= 15 is 0 Å². The minimum Gasteiger partial charge on any atom is -0.382 e. The zero-order valence-electron chi connectivity index (χ0n) is 15.7. The first-order chi connectivity index (χ1) is 11.0. The van der Waals surface area contributed by atoms with Gasteiger partial charge in [-0.25, -0.2) is 4.99 Å². The van der Waals surface area contributed by atoms with Crippen molar-refractivity contribution in [2.75, 3.05) is 46.9 Å². The fourth-order valence-corrected chi connectivity index (χ4v) is 2.59. The van der Waals surface area contributed by atoms with Gasteiger partial charge in [0.05, 0.1) is 0 Å². The highest BCUT2D eigenvalue weighted by atomic mass is 127. The van der Waals surface area contributed by atoms with E-state index in [0.717, 1.165) is 38.7 Å². The van der Waals surface area contributed by atoms with Gasteiger partial charge in [0.2, 0.25) is 5.91 Å². The number of carbonyl (C=O) groups excluding carboxylic acids is 1. The van der Waals surface area contributed by atoms with E-state index < -0.39 is 0 Å². The molecule has 1 aliphatic carbocycles. The number of aliphatic imine (C=N–C) groups is 1. The minimum absolute atomic E-state index is 0. The van der Waals surface area contributed by atoms with Crippen molar-refractivity contribution in [2.45, 2.75) is 46.0 Å². The lowest BCUT2D eigenvalue weighted by molar-refractivity contribution is -0.127. The fraction of sp³-hybridized carbons (Fsp3) is 0.882. The topological polar surface area (TPSA) is 66.0 Å². The molecule has 24 heavy (non-hydrogen) atoms. The Bertz CT molecular complexity index is 379. The molecule has 0 aliphatic heterocycles. The van der Waals surface area contributed by atoms with Crippen LogP contribution in [-0.4, -0.2) is 63.7 Å². The zero-order valence-corrected chi connectivity index (χ0v) is 18.0. The molecule has 0 atom stereocenters. The van der Waals surface area contributed by atoms with Crippen LogP contribution in [0.4, 0.5) is 0 Å². The average Bonchev–Trinajstić information content (AvgIpc) is 2.50. The quantitative estimate of drug-likeness (QED) is 0.230. The van der Waals surface area contributed by atoms with E-state index in [2.05, 4.69) is 22.5 Å². The first kappa shape index (κ1) is 23.4. The van der Waals surface area contributed by atoms with Gasteiger partial charge in [-0.1, -0.05) is 13.3 Å². The number of nitrogens with zero attached hydrogens (tertiary/aromatic N) is 2. The maximum absolute atomic E-state index is 11.7. The van der Waals surface area contributed by atoms with Crippen LogP contribution in [0, 0.1) is 5.41 Å². The molecule has 142 valence electrons. The van der Waals surface area contributed by atoms with Crippen LogP contribution in [0.2, 0.25) is 0 Å². The minimum atomic E-state index is 0. The van der Waals surface area contributed by atoms with E-state index in [0.29, 0.717) is 5.41 Å². The highest BCUT2D eigenvalue weighted by Crippen LogP contribution is 2.42. The van der Waals surface area contributed by atoms with Gasteiger partial charge in [-0.05, 0) is 38.0 Å². The molecule has 1 saturated carbocycles. The predicted octanol–water partition coefficient (Wildman–Crippen LogP) is 2.23. The molecular weight excluding hydrogens is 419 g/mol. The number of carbonyl (C=O) groups is 1. The van der Waals surface area contributed by atoms with Gasteiger partial charge in [-0.2, -0.15) is 0 Å². The number of rotatable bonds is 10. The van der Waals surface area contributed by atoms with Gasteiger partial charge < -0.3 is 20.3 Å². The number of nitrogens with one attached hydrogen (secondary N) is 2. The van der Waals surface area contributed by atoms with Crippen LogP contribution >= 0.6 is 24.0 Å². The summed E-state index contributed by atoms with van der Waals surface area (Å²) < 4.78 is 5.34. The Morgan fingerprint density at radius 2 is 1.96 bits per heavy atom. The second kappa shape index (κ2) is 12.7. The third kappa shape index (κ3) is 8.50. The SMILES string of the molecule is CCOCCCNC(=NCC(=O)N(C)C)NCC1(CC)CCC1.I. The third-order valence-electron chi connectivity index (χ3n) is 4.63. The van der Waals surface area contributed by atoms with Crippen LogP contribution in [0.1, 0.15) is 46.0 Å². The Morgan fingerprint density at radius 3 is 2.46 bits per heavy atom. The molecule has 6 nitrogen and oxygen atoms in total. The molecule has 0 radical (unpaired) electrons. The summed E-state index contributed by atoms with van der Waals surface area (Å²) in [5.74, 6) is 0.741. The van der Waals surface area contributed by atoms with Crippen molar-refractivity contribution < 1.29 is 9.53 Å². The Kier molecular flexibility index (Phi) is 12.4. The third-order valence-corrected chi connectivity index (χ3v) is 4.63. The molecule has 0 aromatic heterocycles. The molecule has 1 fully saturated rings. The highest BCUT2D eigenvalue weighted by Gasteiger charge is 2.34. The number of hydrogen-bond donors (Lipinski definition) is 2. The second-order valence-electron chi connectivity index (χ2n) is 6.49. The van der Waals surface area contributed by atoms with Crippen molar-refractivity contribution in [3.63, 3.8) is 0 Å². The molecule has 7 heteroatoms. The summed E-state index contributed by atoms with van der Waals surface area (Å²) >= 11 is 0. The fourth-order valence-electron chi connectivity index (χ4n) is 2.59. The predicted molar refractivity (Wildman–Crippen MR) is 110 cm³/mol. The largest absolute Gasteiger partial charge is 0.382 e. The summed E-state index contributed by atoms with van der Waals surface area (Å²) in [4.78, 5) is 17.7. The maximum atomic E-state index is 11.7. The number of guanidine groups is 1. The molecule has 0 aromatic rings. The van der Waals surface area contributed by atoms with Gasteiger partial charge in [0.1, 0.15) is 6.54 Å². The number of likely N-dealkylation sites (N-methyl/N-ethyl adjacent to an activating group) is 1. The highest BCUT2D eigenvalue weighted by molar-refractivity contribution is 14.0. The summed E-state index contributed by atoms with van der Waals surface area (Å²) in [6.45, 7) is 7.63. The smallest absolute Gasteiger partial charge is 0.243 e. The Labute approximate surface area is 164 Å².